The maximum atomic E-state index is 11.9. The number of amides is 2. The lowest BCUT2D eigenvalue weighted by Crippen LogP contribution is -2.42. The van der Waals surface area contributed by atoms with Crippen LogP contribution in [0.1, 0.15) is 10.4 Å². The van der Waals surface area contributed by atoms with Crippen molar-refractivity contribution in [3.63, 3.8) is 0 Å². The first-order valence-electron chi connectivity index (χ1n) is 6.91. The van der Waals surface area contributed by atoms with Gasteiger partial charge in [0.2, 0.25) is 5.91 Å². The SMILES string of the molecule is O=C(CSc1nnc2ccccn12)NNC(=O)c1cccc(Cl)c1. The van der Waals surface area contributed by atoms with Crippen LogP contribution in [0.15, 0.2) is 53.8 Å². The van der Waals surface area contributed by atoms with Crippen LogP contribution in [0.5, 0.6) is 0 Å². The molecule has 0 atom stereocenters. The van der Waals surface area contributed by atoms with Crippen molar-refractivity contribution in [3.05, 3.63) is 59.2 Å². The zero-order valence-electron chi connectivity index (χ0n) is 12.3. The van der Waals surface area contributed by atoms with E-state index in [4.69, 9.17) is 11.6 Å². The number of carbonyl (C=O) groups is 2. The van der Waals surface area contributed by atoms with E-state index < -0.39 is 5.91 Å². The molecule has 0 aliphatic carbocycles. The summed E-state index contributed by atoms with van der Waals surface area (Å²) in [7, 11) is 0. The molecule has 7 nitrogen and oxygen atoms in total. The second-order valence-electron chi connectivity index (χ2n) is 4.71. The van der Waals surface area contributed by atoms with Crippen LogP contribution in [-0.4, -0.2) is 32.2 Å². The van der Waals surface area contributed by atoms with Crippen molar-refractivity contribution in [1.82, 2.24) is 25.4 Å². The maximum absolute atomic E-state index is 11.9. The monoisotopic (exact) mass is 361 g/mol. The third kappa shape index (κ3) is 3.84. The third-order valence-electron chi connectivity index (χ3n) is 3.02. The summed E-state index contributed by atoms with van der Waals surface area (Å²) in [6.07, 6.45) is 1.82. The Labute approximate surface area is 146 Å². The molecule has 2 aromatic heterocycles. The maximum Gasteiger partial charge on any atom is 0.269 e. The minimum Gasteiger partial charge on any atom is -0.277 e. The van der Waals surface area contributed by atoms with Gasteiger partial charge in [-0.2, -0.15) is 0 Å². The topological polar surface area (TPSA) is 88.4 Å². The molecule has 0 fully saturated rings. The molecule has 2 amide bonds. The number of carbonyl (C=O) groups excluding carboxylic acids is 2. The number of aromatic nitrogens is 3. The second-order valence-corrected chi connectivity index (χ2v) is 6.09. The first kappa shape index (κ1) is 16.3. The number of thioether (sulfide) groups is 1. The summed E-state index contributed by atoms with van der Waals surface area (Å²) in [4.78, 5) is 23.7. The Hall–Kier alpha value is -2.58. The van der Waals surface area contributed by atoms with E-state index in [1.807, 2.05) is 24.4 Å². The van der Waals surface area contributed by atoms with Crippen LogP contribution in [0, 0.1) is 0 Å². The van der Waals surface area contributed by atoms with Gasteiger partial charge in [0.25, 0.3) is 5.91 Å². The molecule has 0 spiro atoms. The van der Waals surface area contributed by atoms with Crippen molar-refractivity contribution in [2.24, 2.45) is 0 Å². The zero-order chi connectivity index (χ0) is 16.9. The molecule has 2 heterocycles. The van der Waals surface area contributed by atoms with Crippen molar-refractivity contribution in [3.8, 4) is 0 Å². The predicted octanol–water partition coefficient (Wildman–Crippen LogP) is 1.94. The highest BCUT2D eigenvalue weighted by atomic mass is 35.5. The molecule has 0 unspecified atom stereocenters. The minimum absolute atomic E-state index is 0.0888. The lowest BCUT2D eigenvalue weighted by Gasteiger charge is -2.07. The molecule has 0 aliphatic heterocycles. The molecule has 0 saturated heterocycles. The summed E-state index contributed by atoms with van der Waals surface area (Å²) in [5.74, 6) is -0.710. The van der Waals surface area contributed by atoms with Crippen molar-refractivity contribution in [1.29, 1.82) is 0 Å². The fourth-order valence-electron chi connectivity index (χ4n) is 1.91. The van der Waals surface area contributed by atoms with Crippen LogP contribution < -0.4 is 10.9 Å². The number of hydrogen-bond donors (Lipinski definition) is 2. The average molecular weight is 362 g/mol. The van der Waals surface area contributed by atoms with E-state index in [2.05, 4.69) is 21.0 Å². The van der Waals surface area contributed by atoms with Crippen molar-refractivity contribution in [2.75, 3.05) is 5.75 Å². The highest BCUT2D eigenvalue weighted by Crippen LogP contribution is 2.16. The molecule has 0 radical (unpaired) electrons. The molecule has 3 rings (SSSR count). The molecule has 0 aliphatic rings. The summed E-state index contributed by atoms with van der Waals surface area (Å²) >= 11 is 7.04. The van der Waals surface area contributed by atoms with Gasteiger partial charge in [-0.3, -0.25) is 24.8 Å². The molecule has 122 valence electrons. The molecular formula is C15H12ClN5O2S. The zero-order valence-corrected chi connectivity index (χ0v) is 13.8. The Morgan fingerprint density at radius 1 is 1.12 bits per heavy atom. The number of halogens is 1. The Morgan fingerprint density at radius 2 is 2.00 bits per heavy atom. The molecule has 9 heteroatoms. The van der Waals surface area contributed by atoms with E-state index in [-0.39, 0.29) is 11.7 Å². The van der Waals surface area contributed by atoms with Crippen LogP contribution in [0.3, 0.4) is 0 Å². The second kappa shape index (κ2) is 7.33. The number of pyridine rings is 1. The van der Waals surface area contributed by atoms with Gasteiger partial charge in [0, 0.05) is 16.8 Å². The van der Waals surface area contributed by atoms with Gasteiger partial charge in [-0.25, -0.2) is 0 Å². The molecule has 0 bridgehead atoms. The first-order chi connectivity index (χ1) is 11.6. The lowest BCUT2D eigenvalue weighted by atomic mass is 10.2. The van der Waals surface area contributed by atoms with E-state index in [1.165, 1.54) is 17.8 Å². The quantitative estimate of drug-likeness (QED) is 0.547. The fourth-order valence-corrected chi connectivity index (χ4v) is 2.83. The highest BCUT2D eigenvalue weighted by molar-refractivity contribution is 7.99. The van der Waals surface area contributed by atoms with Crippen LogP contribution in [0.2, 0.25) is 5.02 Å². The lowest BCUT2D eigenvalue weighted by molar-refractivity contribution is -0.119. The standard InChI is InChI=1S/C15H12ClN5O2S/c16-11-5-3-4-10(8-11)14(23)19-18-13(22)9-24-15-20-17-12-6-1-2-7-21(12)15/h1-8H,9H2,(H,18,22)(H,19,23). The Bertz CT molecular complexity index is 898. The molecule has 0 saturated carbocycles. The molecule has 3 aromatic rings. The molecule has 2 N–H and O–H groups in total. The predicted molar refractivity (Wildman–Crippen MR) is 90.8 cm³/mol. The van der Waals surface area contributed by atoms with Crippen LogP contribution in [0.25, 0.3) is 5.65 Å². The minimum atomic E-state index is -0.441. The van der Waals surface area contributed by atoms with E-state index in [9.17, 15) is 9.59 Å². The molecular weight excluding hydrogens is 350 g/mol. The number of rotatable bonds is 4. The number of benzene rings is 1. The van der Waals surface area contributed by atoms with E-state index in [1.54, 1.807) is 22.6 Å². The number of nitrogens with one attached hydrogen (secondary N) is 2. The molecule has 24 heavy (non-hydrogen) atoms. The van der Waals surface area contributed by atoms with Crippen LogP contribution in [0.4, 0.5) is 0 Å². The average Bonchev–Trinajstić information content (AvgIpc) is 3.01. The summed E-state index contributed by atoms with van der Waals surface area (Å²) in [6.45, 7) is 0. The van der Waals surface area contributed by atoms with Crippen LogP contribution >= 0.6 is 23.4 Å². The summed E-state index contributed by atoms with van der Waals surface area (Å²) in [5.41, 5.74) is 5.75. The van der Waals surface area contributed by atoms with Gasteiger partial charge < -0.3 is 0 Å². The largest absolute Gasteiger partial charge is 0.277 e. The van der Waals surface area contributed by atoms with Gasteiger partial charge >= 0.3 is 0 Å². The van der Waals surface area contributed by atoms with Crippen molar-refractivity contribution >= 4 is 40.8 Å². The molecule has 1 aromatic carbocycles. The van der Waals surface area contributed by atoms with Gasteiger partial charge in [-0.1, -0.05) is 35.5 Å². The highest BCUT2D eigenvalue weighted by Gasteiger charge is 2.10. The van der Waals surface area contributed by atoms with Crippen LogP contribution in [-0.2, 0) is 4.79 Å². The number of fused-ring (bicyclic) bond motifs is 1. The van der Waals surface area contributed by atoms with Gasteiger partial charge in [-0.05, 0) is 30.3 Å². The first-order valence-corrected chi connectivity index (χ1v) is 8.27. The van der Waals surface area contributed by atoms with E-state index >= 15 is 0 Å². The van der Waals surface area contributed by atoms with Gasteiger partial charge in [0.15, 0.2) is 10.8 Å². The van der Waals surface area contributed by atoms with Gasteiger partial charge in [0.1, 0.15) is 0 Å². The van der Waals surface area contributed by atoms with Gasteiger partial charge in [0.05, 0.1) is 5.75 Å². The number of nitrogens with zero attached hydrogens (tertiary/aromatic N) is 3. The summed E-state index contributed by atoms with van der Waals surface area (Å²) in [6, 6.07) is 12.0. The van der Waals surface area contributed by atoms with E-state index in [0.29, 0.717) is 21.4 Å². The fraction of sp³-hybridized carbons (Fsp3) is 0.0667. The number of hydrazine groups is 1. The Morgan fingerprint density at radius 3 is 2.83 bits per heavy atom. The smallest absolute Gasteiger partial charge is 0.269 e. The normalized spacial score (nSPS) is 10.5. The van der Waals surface area contributed by atoms with Crippen molar-refractivity contribution < 1.29 is 9.59 Å². The van der Waals surface area contributed by atoms with Crippen molar-refractivity contribution in [2.45, 2.75) is 5.16 Å². The summed E-state index contributed by atoms with van der Waals surface area (Å²) in [5, 5.41) is 9.06. The van der Waals surface area contributed by atoms with Gasteiger partial charge in [-0.15, -0.1) is 10.2 Å². The Balaban J connectivity index is 1.52. The number of hydrogen-bond acceptors (Lipinski definition) is 5. The third-order valence-corrected chi connectivity index (χ3v) is 4.20. The Kier molecular flexibility index (Phi) is 4.97. The van der Waals surface area contributed by atoms with E-state index in [0.717, 1.165) is 0 Å². The summed E-state index contributed by atoms with van der Waals surface area (Å²) < 4.78 is 1.78.